The van der Waals surface area contributed by atoms with Crippen LogP contribution in [0.3, 0.4) is 0 Å². The monoisotopic (exact) mass is 269 g/mol. The van der Waals surface area contributed by atoms with E-state index in [-0.39, 0.29) is 11.4 Å². The van der Waals surface area contributed by atoms with Crippen LogP contribution in [0.15, 0.2) is 36.5 Å². The van der Waals surface area contributed by atoms with Gasteiger partial charge in [0.15, 0.2) is 0 Å². The normalized spacial score (nSPS) is 17.7. The molecule has 3 rings (SSSR count). The molecule has 0 saturated heterocycles. The lowest BCUT2D eigenvalue weighted by Crippen LogP contribution is -2.53. The second-order valence-electron chi connectivity index (χ2n) is 5.73. The van der Waals surface area contributed by atoms with Gasteiger partial charge >= 0.3 is 0 Å². The first-order valence-corrected chi connectivity index (χ1v) is 7.00. The standard InChI is InChI=1S/C16H19N3O/c1-16(10-17,11-7-8-11)19-15(20)13-4-2-6-14-12(13)5-3-9-18-14/h2-6,9,11H,7-8,10,17H2,1H3,(H,19,20). The van der Waals surface area contributed by atoms with Crippen LogP contribution in [-0.4, -0.2) is 23.0 Å². The fraction of sp³-hybridized carbons (Fsp3) is 0.375. The number of amides is 1. The molecule has 104 valence electrons. The van der Waals surface area contributed by atoms with E-state index in [0.29, 0.717) is 18.0 Å². The maximum atomic E-state index is 12.6. The van der Waals surface area contributed by atoms with Crippen molar-refractivity contribution in [2.24, 2.45) is 11.7 Å². The van der Waals surface area contributed by atoms with Crippen LogP contribution >= 0.6 is 0 Å². The number of hydrogen-bond donors (Lipinski definition) is 2. The second-order valence-corrected chi connectivity index (χ2v) is 5.73. The number of nitrogens with two attached hydrogens (primary N) is 1. The lowest BCUT2D eigenvalue weighted by Gasteiger charge is -2.29. The highest BCUT2D eigenvalue weighted by Gasteiger charge is 2.41. The third kappa shape index (κ3) is 2.27. The van der Waals surface area contributed by atoms with Crippen LogP contribution in [0.4, 0.5) is 0 Å². The zero-order valence-electron chi connectivity index (χ0n) is 11.6. The molecule has 1 atom stereocenters. The number of carbonyl (C=O) groups excluding carboxylic acids is 1. The first-order chi connectivity index (χ1) is 9.64. The molecule has 1 amide bonds. The van der Waals surface area contributed by atoms with Gasteiger partial charge in [0.05, 0.1) is 11.1 Å². The summed E-state index contributed by atoms with van der Waals surface area (Å²) in [4.78, 5) is 16.9. The minimum absolute atomic E-state index is 0.0662. The van der Waals surface area contributed by atoms with E-state index in [2.05, 4.69) is 10.3 Å². The van der Waals surface area contributed by atoms with Crippen molar-refractivity contribution in [3.63, 3.8) is 0 Å². The molecule has 0 bridgehead atoms. The topological polar surface area (TPSA) is 68.0 Å². The SMILES string of the molecule is CC(CN)(NC(=O)c1cccc2ncccc12)C1CC1. The van der Waals surface area contributed by atoms with Gasteiger partial charge in [-0.05, 0) is 43.9 Å². The number of hydrogen-bond acceptors (Lipinski definition) is 3. The van der Waals surface area contributed by atoms with E-state index in [9.17, 15) is 4.79 Å². The Hall–Kier alpha value is -1.94. The number of rotatable bonds is 4. The lowest BCUT2D eigenvalue weighted by atomic mass is 9.95. The van der Waals surface area contributed by atoms with Gasteiger partial charge in [-0.25, -0.2) is 0 Å². The molecular formula is C16H19N3O. The number of nitrogens with one attached hydrogen (secondary N) is 1. The number of nitrogens with zero attached hydrogens (tertiary/aromatic N) is 1. The van der Waals surface area contributed by atoms with Gasteiger partial charge in [-0.3, -0.25) is 9.78 Å². The Morgan fingerprint density at radius 3 is 2.90 bits per heavy atom. The Morgan fingerprint density at radius 2 is 2.20 bits per heavy atom. The van der Waals surface area contributed by atoms with Gasteiger partial charge in [0, 0.05) is 23.7 Å². The van der Waals surface area contributed by atoms with Crippen LogP contribution in [0.2, 0.25) is 0 Å². The summed E-state index contributed by atoms with van der Waals surface area (Å²) in [5, 5.41) is 4.00. The van der Waals surface area contributed by atoms with Crippen molar-refractivity contribution in [1.82, 2.24) is 10.3 Å². The fourth-order valence-corrected chi connectivity index (χ4v) is 2.67. The minimum Gasteiger partial charge on any atom is -0.345 e. The smallest absolute Gasteiger partial charge is 0.252 e. The Kier molecular flexibility index (Phi) is 3.18. The van der Waals surface area contributed by atoms with E-state index in [1.807, 2.05) is 37.3 Å². The van der Waals surface area contributed by atoms with E-state index < -0.39 is 0 Å². The zero-order valence-corrected chi connectivity index (χ0v) is 11.6. The summed E-state index contributed by atoms with van der Waals surface area (Å²) in [5.41, 5.74) is 7.05. The molecule has 0 radical (unpaired) electrons. The predicted octanol–water partition coefficient (Wildman–Crippen LogP) is 2.09. The molecule has 1 unspecified atom stereocenters. The fourth-order valence-electron chi connectivity index (χ4n) is 2.67. The first kappa shape index (κ1) is 13.1. The molecule has 4 heteroatoms. The second kappa shape index (κ2) is 4.87. The summed E-state index contributed by atoms with van der Waals surface area (Å²) in [6, 6.07) is 9.38. The van der Waals surface area contributed by atoms with Crippen molar-refractivity contribution in [1.29, 1.82) is 0 Å². The van der Waals surface area contributed by atoms with Crippen LogP contribution in [0.5, 0.6) is 0 Å². The predicted molar refractivity (Wildman–Crippen MR) is 79.4 cm³/mol. The average molecular weight is 269 g/mol. The molecule has 2 aromatic rings. The molecule has 0 aliphatic heterocycles. The number of pyridine rings is 1. The van der Waals surface area contributed by atoms with Crippen LogP contribution < -0.4 is 11.1 Å². The van der Waals surface area contributed by atoms with Crippen molar-refractivity contribution in [3.8, 4) is 0 Å². The lowest BCUT2D eigenvalue weighted by molar-refractivity contribution is 0.0899. The molecular weight excluding hydrogens is 250 g/mol. The molecule has 1 aromatic heterocycles. The van der Waals surface area contributed by atoms with Crippen molar-refractivity contribution >= 4 is 16.8 Å². The minimum atomic E-state index is -0.304. The highest BCUT2D eigenvalue weighted by molar-refractivity contribution is 6.06. The Balaban J connectivity index is 1.93. The van der Waals surface area contributed by atoms with E-state index in [4.69, 9.17) is 5.73 Å². The van der Waals surface area contributed by atoms with Crippen molar-refractivity contribution in [3.05, 3.63) is 42.1 Å². The molecule has 20 heavy (non-hydrogen) atoms. The molecule has 1 aliphatic carbocycles. The highest BCUT2D eigenvalue weighted by atomic mass is 16.1. The van der Waals surface area contributed by atoms with Gasteiger partial charge in [0.2, 0.25) is 0 Å². The summed E-state index contributed by atoms with van der Waals surface area (Å²) in [5.74, 6) is 0.438. The van der Waals surface area contributed by atoms with E-state index >= 15 is 0 Å². The first-order valence-electron chi connectivity index (χ1n) is 7.00. The van der Waals surface area contributed by atoms with Crippen LogP contribution in [-0.2, 0) is 0 Å². The molecule has 0 spiro atoms. The molecule has 1 fully saturated rings. The number of aromatic nitrogens is 1. The number of fused-ring (bicyclic) bond motifs is 1. The van der Waals surface area contributed by atoms with Crippen LogP contribution in [0, 0.1) is 5.92 Å². The Morgan fingerprint density at radius 1 is 1.40 bits per heavy atom. The maximum Gasteiger partial charge on any atom is 0.252 e. The molecule has 1 aliphatic rings. The van der Waals surface area contributed by atoms with Gasteiger partial charge < -0.3 is 11.1 Å². The maximum absolute atomic E-state index is 12.6. The van der Waals surface area contributed by atoms with Gasteiger partial charge in [0.1, 0.15) is 0 Å². The Labute approximate surface area is 118 Å². The highest BCUT2D eigenvalue weighted by Crippen LogP contribution is 2.39. The summed E-state index contributed by atoms with van der Waals surface area (Å²) in [7, 11) is 0. The summed E-state index contributed by atoms with van der Waals surface area (Å²) >= 11 is 0. The van der Waals surface area contributed by atoms with E-state index in [0.717, 1.165) is 23.7 Å². The molecule has 1 aromatic carbocycles. The van der Waals surface area contributed by atoms with E-state index in [1.54, 1.807) is 6.20 Å². The summed E-state index contributed by atoms with van der Waals surface area (Å²) in [6.07, 6.45) is 4.02. The largest absolute Gasteiger partial charge is 0.345 e. The molecule has 4 nitrogen and oxygen atoms in total. The summed E-state index contributed by atoms with van der Waals surface area (Å²) < 4.78 is 0. The van der Waals surface area contributed by atoms with Crippen LogP contribution in [0.25, 0.3) is 10.9 Å². The quantitative estimate of drug-likeness (QED) is 0.893. The van der Waals surface area contributed by atoms with Gasteiger partial charge in [-0.2, -0.15) is 0 Å². The third-order valence-electron chi connectivity index (χ3n) is 4.19. The average Bonchev–Trinajstić information content (AvgIpc) is 3.31. The summed E-state index contributed by atoms with van der Waals surface area (Å²) in [6.45, 7) is 2.50. The van der Waals surface area contributed by atoms with Gasteiger partial charge in [-0.15, -0.1) is 0 Å². The van der Waals surface area contributed by atoms with E-state index in [1.165, 1.54) is 0 Å². The molecule has 3 N–H and O–H groups in total. The van der Waals surface area contributed by atoms with Gasteiger partial charge in [0.25, 0.3) is 5.91 Å². The number of benzene rings is 1. The van der Waals surface area contributed by atoms with Crippen molar-refractivity contribution in [2.45, 2.75) is 25.3 Å². The van der Waals surface area contributed by atoms with Crippen molar-refractivity contribution < 1.29 is 4.79 Å². The third-order valence-corrected chi connectivity index (χ3v) is 4.19. The Bertz CT molecular complexity index is 646. The van der Waals surface area contributed by atoms with Gasteiger partial charge in [-0.1, -0.05) is 12.1 Å². The zero-order chi connectivity index (χ0) is 14.2. The number of carbonyl (C=O) groups is 1. The molecule has 1 heterocycles. The van der Waals surface area contributed by atoms with Crippen LogP contribution in [0.1, 0.15) is 30.1 Å². The molecule has 1 saturated carbocycles. The van der Waals surface area contributed by atoms with Crippen molar-refractivity contribution in [2.75, 3.05) is 6.54 Å².